The number of carbonyl (C=O) groups is 4. The summed E-state index contributed by atoms with van der Waals surface area (Å²) in [5.41, 5.74) is -3.64. The maximum absolute atomic E-state index is 14.5. The van der Waals surface area contributed by atoms with E-state index in [1.165, 1.54) is 26.0 Å². The average molecular weight is 935 g/mol. The number of fused-ring (bicyclic) bond motifs is 1. The number of aliphatic hydroxyl groups excluding tert-OH is 2. The van der Waals surface area contributed by atoms with Gasteiger partial charge in [-0.25, -0.2) is 0 Å². The van der Waals surface area contributed by atoms with Crippen LogP contribution in [0.4, 0.5) is 0 Å². The zero-order chi connectivity index (χ0) is 49.2. The van der Waals surface area contributed by atoms with E-state index in [1.54, 1.807) is 65.8 Å². The number of carbonyl (C=O) groups excluding carboxylic acids is 4. The van der Waals surface area contributed by atoms with E-state index >= 15 is 0 Å². The molecule has 4 aliphatic rings. The second-order valence-corrected chi connectivity index (χ2v) is 20.1. The van der Waals surface area contributed by atoms with Gasteiger partial charge in [-0.05, 0) is 93.5 Å². The summed E-state index contributed by atoms with van der Waals surface area (Å²) in [5, 5.41) is 34.5. The lowest BCUT2D eigenvalue weighted by Gasteiger charge is -2.50. The second kappa shape index (κ2) is 21.8. The third kappa shape index (κ3) is 11.1. The first-order valence-electron chi connectivity index (χ1n) is 23.6. The standard InChI is InChI=1S/C49H78N2O15/c1-15-35-49(10,58)40(53)28(4)37(52)26(2)24-48(9,60-14)42(29(5)38(30(6)45(57)64-35)65-36-25-47(8,59-13)41(54)31(7)63-36)66-46-39(34(50(11)12)23-27(3)62-46)61-22-18-21-51-43(55)32-19-16-17-20-33(32)44(51)56/h16-17,19-20,26-31,34-36,38-42,46,53-54,58H,15,18,21-25H2,1-14H3/t26-,27-,28+,29+,30-,31+,34+,35-,36+,38+,39-,40-,41+,42-,46+,47-,48+,49-/m1/s1. The highest BCUT2D eigenvalue weighted by Gasteiger charge is 2.54. The molecule has 4 heterocycles. The predicted octanol–water partition coefficient (Wildman–Crippen LogP) is 4.15. The van der Waals surface area contributed by atoms with Crippen molar-refractivity contribution in [2.75, 3.05) is 41.5 Å². The molecule has 0 bridgehead atoms. The Balaban J connectivity index is 1.55. The van der Waals surface area contributed by atoms with Crippen LogP contribution in [0, 0.1) is 23.7 Å². The molecule has 374 valence electrons. The molecule has 3 fully saturated rings. The minimum absolute atomic E-state index is 0.0788. The number of hydrogen-bond acceptors (Lipinski definition) is 16. The van der Waals surface area contributed by atoms with Crippen LogP contribution in [0.2, 0.25) is 0 Å². The summed E-state index contributed by atoms with van der Waals surface area (Å²) in [5.74, 6) is -5.39. The number of ketones is 1. The summed E-state index contributed by atoms with van der Waals surface area (Å²) < 4.78 is 51.9. The number of benzene rings is 1. The first-order chi connectivity index (χ1) is 30.9. The van der Waals surface area contributed by atoms with Gasteiger partial charge < -0.3 is 58.1 Å². The molecule has 3 saturated heterocycles. The molecule has 4 aliphatic heterocycles. The van der Waals surface area contributed by atoms with Gasteiger partial charge in [-0.3, -0.25) is 24.1 Å². The number of rotatable bonds is 13. The van der Waals surface area contributed by atoms with Crippen molar-refractivity contribution >= 4 is 23.6 Å². The van der Waals surface area contributed by atoms with E-state index in [9.17, 15) is 34.5 Å². The van der Waals surface area contributed by atoms with Crippen LogP contribution in [-0.2, 0) is 47.5 Å². The summed E-state index contributed by atoms with van der Waals surface area (Å²) in [7, 11) is 6.90. The quantitative estimate of drug-likeness (QED) is 0.144. The summed E-state index contributed by atoms with van der Waals surface area (Å²) in [6.45, 7) is 17.4. The van der Waals surface area contributed by atoms with Gasteiger partial charge >= 0.3 is 5.97 Å². The minimum Gasteiger partial charge on any atom is -0.459 e. The van der Waals surface area contributed by atoms with Crippen molar-refractivity contribution in [3.63, 3.8) is 0 Å². The van der Waals surface area contributed by atoms with Crippen LogP contribution in [0.15, 0.2) is 24.3 Å². The number of esters is 1. The van der Waals surface area contributed by atoms with Gasteiger partial charge in [0.25, 0.3) is 11.8 Å². The lowest BCUT2D eigenvalue weighted by atomic mass is 9.74. The average Bonchev–Trinajstić information content (AvgIpc) is 3.52. The van der Waals surface area contributed by atoms with Gasteiger partial charge in [0.2, 0.25) is 0 Å². The number of cyclic esters (lactones) is 1. The van der Waals surface area contributed by atoms with Crippen LogP contribution in [0.1, 0.15) is 122 Å². The van der Waals surface area contributed by atoms with Gasteiger partial charge in [0.05, 0.1) is 58.8 Å². The minimum atomic E-state index is -2.00. The number of Topliss-reactive ketones (excluding diaryl/α,β-unsaturated/α-hetero) is 1. The molecule has 18 atom stereocenters. The molecule has 17 nitrogen and oxygen atoms in total. The first-order valence-corrected chi connectivity index (χ1v) is 23.6. The smallest absolute Gasteiger partial charge is 0.311 e. The van der Waals surface area contributed by atoms with Crippen LogP contribution in [0.3, 0.4) is 0 Å². The lowest BCUT2D eigenvalue weighted by molar-refractivity contribution is -0.322. The maximum atomic E-state index is 14.5. The van der Waals surface area contributed by atoms with E-state index in [0.717, 1.165) is 0 Å². The van der Waals surface area contributed by atoms with Crippen molar-refractivity contribution in [1.82, 2.24) is 9.80 Å². The Morgan fingerprint density at radius 1 is 0.818 bits per heavy atom. The Labute approximate surface area is 391 Å². The second-order valence-electron chi connectivity index (χ2n) is 20.1. The topological polar surface area (TPSA) is 209 Å². The molecule has 0 aliphatic carbocycles. The van der Waals surface area contributed by atoms with Gasteiger partial charge in [-0.2, -0.15) is 0 Å². The Morgan fingerprint density at radius 3 is 1.98 bits per heavy atom. The van der Waals surface area contributed by atoms with Crippen LogP contribution >= 0.6 is 0 Å². The van der Waals surface area contributed by atoms with Gasteiger partial charge in [0.1, 0.15) is 29.7 Å². The number of nitrogens with zero attached hydrogens (tertiary/aromatic N) is 2. The first kappa shape index (κ1) is 54.0. The highest BCUT2D eigenvalue weighted by atomic mass is 16.7. The van der Waals surface area contributed by atoms with Crippen molar-refractivity contribution in [2.24, 2.45) is 23.7 Å². The highest BCUT2D eigenvalue weighted by molar-refractivity contribution is 6.21. The molecule has 5 rings (SSSR count). The van der Waals surface area contributed by atoms with Crippen molar-refractivity contribution in [1.29, 1.82) is 0 Å². The number of amides is 2. The Bertz CT molecular complexity index is 1810. The van der Waals surface area contributed by atoms with Crippen LogP contribution in [0.25, 0.3) is 0 Å². The third-order valence-corrected chi connectivity index (χ3v) is 15.0. The zero-order valence-corrected chi connectivity index (χ0v) is 41.6. The van der Waals surface area contributed by atoms with Gasteiger partial charge in [-0.15, -0.1) is 0 Å². The summed E-state index contributed by atoms with van der Waals surface area (Å²) in [6.07, 6.45) is -8.39. The fraction of sp³-hybridized carbons (Fsp3) is 0.796. The van der Waals surface area contributed by atoms with Crippen LogP contribution in [-0.4, -0.2) is 174 Å². The molecule has 1 aromatic rings. The molecule has 66 heavy (non-hydrogen) atoms. The molecule has 1 aromatic carbocycles. The van der Waals surface area contributed by atoms with E-state index in [0.29, 0.717) is 24.0 Å². The normalized spacial score (nSPS) is 42.0. The van der Waals surface area contributed by atoms with Gasteiger partial charge in [0.15, 0.2) is 12.6 Å². The molecule has 17 heteroatoms. The van der Waals surface area contributed by atoms with Crippen molar-refractivity contribution in [3.05, 3.63) is 35.4 Å². The molecule has 2 amide bonds. The Morgan fingerprint density at radius 2 is 1.42 bits per heavy atom. The molecule has 3 N–H and O–H groups in total. The lowest BCUT2D eigenvalue weighted by Crippen LogP contribution is -2.62. The van der Waals surface area contributed by atoms with Crippen LogP contribution in [0.5, 0.6) is 0 Å². The summed E-state index contributed by atoms with van der Waals surface area (Å²) in [6, 6.07) is 6.52. The van der Waals surface area contributed by atoms with E-state index < -0.39 is 102 Å². The number of methoxy groups -OCH3 is 2. The van der Waals surface area contributed by atoms with Crippen molar-refractivity contribution in [3.8, 4) is 0 Å². The maximum Gasteiger partial charge on any atom is 0.311 e. The number of likely N-dealkylation sites (N-methyl/N-ethyl adjacent to an activating group) is 1. The molecule has 0 unspecified atom stereocenters. The fourth-order valence-electron chi connectivity index (χ4n) is 10.6. The van der Waals surface area contributed by atoms with E-state index in [-0.39, 0.29) is 62.2 Å². The highest BCUT2D eigenvalue weighted by Crippen LogP contribution is 2.42. The largest absolute Gasteiger partial charge is 0.459 e. The van der Waals surface area contributed by atoms with Gasteiger partial charge in [-0.1, -0.05) is 39.8 Å². The van der Waals surface area contributed by atoms with E-state index in [2.05, 4.69) is 0 Å². The SMILES string of the molecule is CC[C@H]1OC(=O)[C@H](C)[C@@H](O[C@H]2C[C@@](C)(OC)[C@@H](O)[C@H](C)O2)[C@H](C)[C@@H](O[C@@H]2O[C@H](C)C[C@H](N(C)C)[C@H]2OCCCN2C(=O)c3ccccc3C2=O)[C@@](C)(OC)C[C@@H](C)C(=O)[C@H](C)[C@@H](O)[C@]1(C)O. The number of aliphatic hydroxyl groups is 3. The molecular formula is C49H78N2O15. The molecule has 0 radical (unpaired) electrons. The fourth-order valence-corrected chi connectivity index (χ4v) is 10.6. The summed E-state index contributed by atoms with van der Waals surface area (Å²) in [4.78, 5) is 58.4. The summed E-state index contributed by atoms with van der Waals surface area (Å²) >= 11 is 0. The number of ether oxygens (including phenoxy) is 8. The van der Waals surface area contributed by atoms with E-state index in [4.69, 9.17) is 37.9 Å². The van der Waals surface area contributed by atoms with Crippen LogP contribution < -0.4 is 0 Å². The molecule has 0 spiro atoms. The van der Waals surface area contributed by atoms with Crippen molar-refractivity contribution in [2.45, 2.75) is 186 Å². The molecular weight excluding hydrogens is 857 g/mol. The Hall–Kier alpha value is -2.94. The Kier molecular flexibility index (Phi) is 17.8. The molecule has 0 saturated carbocycles. The van der Waals surface area contributed by atoms with Crippen molar-refractivity contribution < 1.29 is 72.4 Å². The van der Waals surface area contributed by atoms with E-state index in [1.807, 2.05) is 39.8 Å². The number of imide groups is 1. The van der Waals surface area contributed by atoms with Gasteiger partial charge in [0, 0.05) is 57.6 Å². The number of hydrogen-bond donors (Lipinski definition) is 3. The zero-order valence-electron chi connectivity index (χ0n) is 41.6. The third-order valence-electron chi connectivity index (χ3n) is 15.0. The molecule has 0 aromatic heterocycles. The predicted molar refractivity (Wildman–Crippen MR) is 241 cm³/mol. The monoisotopic (exact) mass is 935 g/mol.